The van der Waals surface area contributed by atoms with E-state index in [0.29, 0.717) is 31.9 Å². The van der Waals surface area contributed by atoms with Crippen LogP contribution in [0.25, 0.3) is 10.9 Å². The molecular formula is C19H24N2O3. The minimum Gasteiger partial charge on any atom is -0.376 e. The largest absolute Gasteiger partial charge is 0.376 e. The minimum atomic E-state index is -0.0619. The van der Waals surface area contributed by atoms with Gasteiger partial charge in [-0.05, 0) is 37.1 Å². The predicted molar refractivity (Wildman–Crippen MR) is 93.4 cm³/mol. The Morgan fingerprint density at radius 3 is 2.88 bits per heavy atom. The molecule has 24 heavy (non-hydrogen) atoms. The maximum Gasteiger partial charge on any atom is 0.254 e. The van der Waals surface area contributed by atoms with Gasteiger partial charge in [0.25, 0.3) is 5.91 Å². The molecule has 0 bridgehead atoms. The molecule has 5 nitrogen and oxygen atoms in total. The van der Waals surface area contributed by atoms with Crippen LogP contribution in [0.3, 0.4) is 0 Å². The van der Waals surface area contributed by atoms with Crippen molar-refractivity contribution in [2.75, 3.05) is 33.4 Å². The van der Waals surface area contributed by atoms with E-state index in [1.165, 1.54) is 5.56 Å². The van der Waals surface area contributed by atoms with Crippen molar-refractivity contribution in [2.45, 2.75) is 26.4 Å². The lowest BCUT2D eigenvalue weighted by molar-refractivity contribution is -0.0933. The van der Waals surface area contributed by atoms with Crippen molar-refractivity contribution in [1.29, 1.82) is 0 Å². The first kappa shape index (κ1) is 16.9. The van der Waals surface area contributed by atoms with Crippen LogP contribution in [0.1, 0.15) is 28.5 Å². The number of carbonyl (C=O) groups excluding carboxylic acids is 1. The number of benzene rings is 1. The summed E-state index contributed by atoms with van der Waals surface area (Å²) < 4.78 is 11.1. The van der Waals surface area contributed by atoms with E-state index < -0.39 is 0 Å². The summed E-state index contributed by atoms with van der Waals surface area (Å²) in [5, 5.41) is 0.914. The second-order valence-electron chi connectivity index (χ2n) is 6.27. The molecule has 2 aromatic rings. The molecule has 1 fully saturated rings. The zero-order chi connectivity index (χ0) is 17.1. The first-order valence-electron chi connectivity index (χ1n) is 8.43. The smallest absolute Gasteiger partial charge is 0.254 e. The number of aryl methyl sites for hydroxylation is 2. The highest BCUT2D eigenvalue weighted by Crippen LogP contribution is 2.22. The minimum absolute atomic E-state index is 0.00655. The first-order valence-corrected chi connectivity index (χ1v) is 8.43. The van der Waals surface area contributed by atoms with Crippen LogP contribution in [0, 0.1) is 6.92 Å². The maximum atomic E-state index is 13.0. The zero-order valence-corrected chi connectivity index (χ0v) is 14.5. The molecule has 0 aliphatic carbocycles. The molecule has 0 saturated carbocycles. The number of fused-ring (bicyclic) bond motifs is 1. The fourth-order valence-corrected chi connectivity index (χ4v) is 3.04. The molecule has 1 aliphatic rings. The van der Waals surface area contributed by atoms with Crippen LogP contribution in [0.5, 0.6) is 0 Å². The number of amides is 1. The monoisotopic (exact) mass is 328 g/mol. The molecule has 1 aliphatic heterocycles. The van der Waals surface area contributed by atoms with E-state index in [9.17, 15) is 4.79 Å². The second kappa shape index (κ2) is 7.28. The summed E-state index contributed by atoms with van der Waals surface area (Å²) in [5.41, 5.74) is 3.61. The number of hydrogen-bond acceptors (Lipinski definition) is 4. The number of aromatic nitrogens is 1. The van der Waals surface area contributed by atoms with Gasteiger partial charge >= 0.3 is 0 Å². The highest BCUT2D eigenvalue weighted by molar-refractivity contribution is 6.06. The number of likely N-dealkylation sites (N-methyl/N-ethyl adjacent to an activating group) is 1. The molecule has 128 valence electrons. The average Bonchev–Trinajstić information content (AvgIpc) is 2.60. The van der Waals surface area contributed by atoms with Crippen molar-refractivity contribution >= 4 is 16.8 Å². The topological polar surface area (TPSA) is 51.7 Å². The van der Waals surface area contributed by atoms with Crippen molar-refractivity contribution < 1.29 is 14.3 Å². The number of pyridine rings is 1. The van der Waals surface area contributed by atoms with Gasteiger partial charge < -0.3 is 14.4 Å². The number of ether oxygens (including phenoxy) is 2. The zero-order valence-electron chi connectivity index (χ0n) is 14.5. The van der Waals surface area contributed by atoms with Gasteiger partial charge in [0.2, 0.25) is 0 Å². The summed E-state index contributed by atoms with van der Waals surface area (Å²) in [5.74, 6) is -0.00655. The van der Waals surface area contributed by atoms with Gasteiger partial charge in [0, 0.05) is 24.7 Å². The molecule has 0 N–H and O–H groups in total. The van der Waals surface area contributed by atoms with E-state index in [1.807, 2.05) is 26.1 Å². The van der Waals surface area contributed by atoms with Gasteiger partial charge in [0.1, 0.15) is 0 Å². The first-order chi connectivity index (χ1) is 11.6. The number of hydrogen-bond donors (Lipinski definition) is 0. The van der Waals surface area contributed by atoms with Gasteiger partial charge in [-0.15, -0.1) is 0 Å². The Morgan fingerprint density at radius 1 is 1.33 bits per heavy atom. The molecular weight excluding hydrogens is 304 g/mol. The van der Waals surface area contributed by atoms with Crippen LogP contribution in [-0.4, -0.2) is 55.3 Å². The van der Waals surface area contributed by atoms with Crippen LogP contribution in [-0.2, 0) is 15.9 Å². The Labute approximate surface area is 142 Å². The van der Waals surface area contributed by atoms with Crippen molar-refractivity contribution in [1.82, 2.24) is 9.88 Å². The van der Waals surface area contributed by atoms with Gasteiger partial charge in [-0.1, -0.05) is 13.0 Å². The third-order valence-electron chi connectivity index (χ3n) is 4.35. The Bertz CT molecular complexity index is 739. The van der Waals surface area contributed by atoms with Crippen LogP contribution in [0.2, 0.25) is 0 Å². The molecule has 1 atom stereocenters. The predicted octanol–water partition coefficient (Wildman–Crippen LogP) is 2.59. The lowest BCUT2D eigenvalue weighted by Crippen LogP contribution is -2.40. The van der Waals surface area contributed by atoms with Crippen molar-refractivity contribution in [3.63, 3.8) is 0 Å². The summed E-state index contributed by atoms with van der Waals surface area (Å²) in [6.07, 6.45) is 0.869. The standard InChI is InChI=1S/C19H24N2O3/c1-4-14-5-6-18-16(10-14)17(9-13(2)20-18)19(22)21(3)11-15-12-23-7-8-24-15/h5-6,9-10,15H,4,7-8,11-12H2,1-3H3/t15-/m1/s1. The number of rotatable bonds is 4. The molecule has 1 saturated heterocycles. The van der Waals surface area contributed by atoms with Crippen molar-refractivity contribution in [2.24, 2.45) is 0 Å². The normalized spacial score (nSPS) is 17.9. The van der Waals surface area contributed by atoms with E-state index >= 15 is 0 Å². The van der Waals surface area contributed by atoms with Crippen LogP contribution in [0.4, 0.5) is 0 Å². The van der Waals surface area contributed by atoms with E-state index in [-0.39, 0.29) is 12.0 Å². The second-order valence-corrected chi connectivity index (χ2v) is 6.27. The SMILES string of the molecule is CCc1ccc2nc(C)cc(C(=O)N(C)C[C@@H]3COCCO3)c2c1. The summed E-state index contributed by atoms with van der Waals surface area (Å²) in [6, 6.07) is 8.01. The van der Waals surface area contributed by atoms with Gasteiger partial charge in [-0.3, -0.25) is 9.78 Å². The molecule has 0 radical (unpaired) electrons. The molecule has 3 rings (SSSR count). The molecule has 1 amide bonds. The fourth-order valence-electron chi connectivity index (χ4n) is 3.04. The number of nitrogens with zero attached hydrogens (tertiary/aromatic N) is 2. The van der Waals surface area contributed by atoms with Crippen molar-refractivity contribution in [3.8, 4) is 0 Å². The van der Waals surface area contributed by atoms with Gasteiger partial charge in [-0.2, -0.15) is 0 Å². The Hall–Kier alpha value is -1.98. The summed E-state index contributed by atoms with van der Waals surface area (Å²) in [7, 11) is 1.81. The fraction of sp³-hybridized carbons (Fsp3) is 0.474. The van der Waals surface area contributed by atoms with Gasteiger partial charge in [-0.25, -0.2) is 0 Å². The highest BCUT2D eigenvalue weighted by Gasteiger charge is 2.22. The van der Waals surface area contributed by atoms with Crippen LogP contribution >= 0.6 is 0 Å². The van der Waals surface area contributed by atoms with E-state index in [4.69, 9.17) is 9.47 Å². The molecule has 1 aromatic carbocycles. The third-order valence-corrected chi connectivity index (χ3v) is 4.35. The lowest BCUT2D eigenvalue weighted by Gasteiger charge is -2.27. The van der Waals surface area contributed by atoms with Crippen LogP contribution in [0.15, 0.2) is 24.3 Å². The molecule has 0 spiro atoms. The van der Waals surface area contributed by atoms with Crippen molar-refractivity contribution in [3.05, 3.63) is 41.1 Å². The lowest BCUT2D eigenvalue weighted by atomic mass is 10.0. The van der Waals surface area contributed by atoms with E-state index in [0.717, 1.165) is 23.0 Å². The summed E-state index contributed by atoms with van der Waals surface area (Å²) in [4.78, 5) is 19.3. The van der Waals surface area contributed by atoms with E-state index in [1.54, 1.807) is 4.90 Å². The Balaban J connectivity index is 1.90. The summed E-state index contributed by atoms with van der Waals surface area (Å²) >= 11 is 0. The number of carbonyl (C=O) groups is 1. The van der Waals surface area contributed by atoms with Gasteiger partial charge in [0.15, 0.2) is 0 Å². The quantitative estimate of drug-likeness (QED) is 0.866. The Morgan fingerprint density at radius 2 is 2.17 bits per heavy atom. The molecule has 1 aromatic heterocycles. The third kappa shape index (κ3) is 3.57. The van der Waals surface area contributed by atoms with Gasteiger partial charge in [0.05, 0.1) is 37.0 Å². The Kier molecular flexibility index (Phi) is 5.11. The van der Waals surface area contributed by atoms with E-state index in [2.05, 4.69) is 24.0 Å². The van der Waals surface area contributed by atoms with Crippen LogP contribution < -0.4 is 0 Å². The average molecular weight is 328 g/mol. The maximum absolute atomic E-state index is 13.0. The molecule has 5 heteroatoms. The highest BCUT2D eigenvalue weighted by atomic mass is 16.6. The molecule has 0 unspecified atom stereocenters. The summed E-state index contributed by atoms with van der Waals surface area (Å²) in [6.45, 7) is 6.30. The molecule has 2 heterocycles.